The van der Waals surface area contributed by atoms with E-state index in [-0.39, 0.29) is 18.2 Å². The van der Waals surface area contributed by atoms with Gasteiger partial charge in [-0.05, 0) is 37.1 Å². The third-order valence-corrected chi connectivity index (χ3v) is 4.32. The van der Waals surface area contributed by atoms with E-state index in [2.05, 4.69) is 5.32 Å². The van der Waals surface area contributed by atoms with Crippen LogP contribution in [0.3, 0.4) is 0 Å². The molecule has 0 aliphatic carbocycles. The fraction of sp³-hybridized carbons (Fsp3) is 0.300. The van der Waals surface area contributed by atoms with Crippen LogP contribution in [0.1, 0.15) is 25.3 Å². The van der Waals surface area contributed by atoms with Crippen molar-refractivity contribution < 1.29 is 14.3 Å². The predicted octanol–water partition coefficient (Wildman–Crippen LogP) is 3.53. The first-order valence-corrected chi connectivity index (χ1v) is 8.52. The zero-order valence-electron chi connectivity index (χ0n) is 14.5. The van der Waals surface area contributed by atoms with Crippen LogP contribution >= 0.6 is 0 Å². The molecule has 0 fully saturated rings. The molecule has 3 rings (SSSR count). The molecule has 1 heterocycles. The molecule has 1 aliphatic rings. The Balaban J connectivity index is 1.70. The van der Waals surface area contributed by atoms with Gasteiger partial charge in [0.15, 0.2) is 6.10 Å². The minimum Gasteiger partial charge on any atom is -0.478 e. The van der Waals surface area contributed by atoms with Gasteiger partial charge in [0.05, 0.1) is 5.69 Å². The Morgan fingerprint density at radius 1 is 1.16 bits per heavy atom. The molecule has 0 radical (unpaired) electrons. The van der Waals surface area contributed by atoms with Crippen LogP contribution in [-0.2, 0) is 9.59 Å². The number of anilines is 2. The molecule has 2 aromatic rings. The van der Waals surface area contributed by atoms with Crippen molar-refractivity contribution in [3.8, 4) is 5.75 Å². The molecule has 130 valence electrons. The van der Waals surface area contributed by atoms with Crippen LogP contribution in [-0.4, -0.2) is 24.5 Å². The van der Waals surface area contributed by atoms with Crippen molar-refractivity contribution in [2.24, 2.45) is 0 Å². The molecule has 0 saturated carbocycles. The van der Waals surface area contributed by atoms with Gasteiger partial charge in [-0.2, -0.15) is 0 Å². The lowest BCUT2D eigenvalue weighted by molar-refractivity contribution is -0.126. The fourth-order valence-corrected chi connectivity index (χ4v) is 2.90. The van der Waals surface area contributed by atoms with Gasteiger partial charge in [0.2, 0.25) is 5.91 Å². The Morgan fingerprint density at radius 2 is 1.88 bits per heavy atom. The van der Waals surface area contributed by atoms with E-state index in [0.29, 0.717) is 18.7 Å². The van der Waals surface area contributed by atoms with Crippen molar-refractivity contribution in [2.45, 2.75) is 32.8 Å². The molecule has 1 unspecified atom stereocenters. The first-order valence-electron chi connectivity index (χ1n) is 8.52. The number of aryl methyl sites for hydroxylation is 1. The number of fused-ring (bicyclic) bond motifs is 1. The van der Waals surface area contributed by atoms with E-state index in [1.807, 2.05) is 62.4 Å². The maximum absolute atomic E-state index is 12.6. The van der Waals surface area contributed by atoms with Crippen LogP contribution in [0.5, 0.6) is 5.75 Å². The van der Waals surface area contributed by atoms with Crippen molar-refractivity contribution in [1.82, 2.24) is 0 Å². The quantitative estimate of drug-likeness (QED) is 0.907. The van der Waals surface area contributed by atoms with E-state index < -0.39 is 6.10 Å². The SMILES string of the molecule is CCC1Oc2ccccc2N(CCC(=O)Nc2ccccc2C)C1=O. The number of carbonyl (C=O) groups excluding carboxylic acids is 2. The Bertz CT molecular complexity index is 788. The highest BCUT2D eigenvalue weighted by Gasteiger charge is 2.33. The number of benzene rings is 2. The molecule has 0 spiro atoms. The molecule has 0 bridgehead atoms. The summed E-state index contributed by atoms with van der Waals surface area (Å²) in [6, 6.07) is 15.1. The van der Waals surface area contributed by atoms with Crippen LogP contribution in [0.2, 0.25) is 0 Å². The largest absolute Gasteiger partial charge is 0.478 e. The molecule has 0 aromatic heterocycles. The lowest BCUT2D eigenvalue weighted by atomic mass is 10.1. The molecule has 5 nitrogen and oxygen atoms in total. The number of carbonyl (C=O) groups is 2. The number of amides is 2. The van der Waals surface area contributed by atoms with Crippen LogP contribution in [0.4, 0.5) is 11.4 Å². The second-order valence-electron chi connectivity index (χ2n) is 6.09. The number of nitrogens with zero attached hydrogens (tertiary/aromatic N) is 1. The Morgan fingerprint density at radius 3 is 2.64 bits per heavy atom. The molecule has 1 aliphatic heterocycles. The minimum atomic E-state index is -0.491. The van der Waals surface area contributed by atoms with E-state index >= 15 is 0 Å². The highest BCUT2D eigenvalue weighted by Crippen LogP contribution is 2.34. The second kappa shape index (κ2) is 7.38. The third-order valence-electron chi connectivity index (χ3n) is 4.32. The minimum absolute atomic E-state index is 0.0927. The van der Waals surface area contributed by atoms with Gasteiger partial charge in [0.25, 0.3) is 5.91 Å². The average Bonchev–Trinajstić information content (AvgIpc) is 2.62. The summed E-state index contributed by atoms with van der Waals surface area (Å²) in [5.74, 6) is 0.484. The fourth-order valence-electron chi connectivity index (χ4n) is 2.90. The molecule has 0 saturated heterocycles. The molecule has 2 aromatic carbocycles. The van der Waals surface area contributed by atoms with Gasteiger partial charge in [-0.25, -0.2) is 0 Å². The lowest BCUT2D eigenvalue weighted by Crippen LogP contribution is -2.46. The molecule has 1 atom stereocenters. The number of para-hydroxylation sites is 3. The topological polar surface area (TPSA) is 58.6 Å². The third kappa shape index (κ3) is 3.65. The Hall–Kier alpha value is -2.82. The summed E-state index contributed by atoms with van der Waals surface area (Å²) >= 11 is 0. The Labute approximate surface area is 147 Å². The predicted molar refractivity (Wildman–Crippen MR) is 97.9 cm³/mol. The zero-order valence-corrected chi connectivity index (χ0v) is 14.5. The molecular weight excluding hydrogens is 316 g/mol. The van der Waals surface area contributed by atoms with Crippen molar-refractivity contribution in [2.75, 3.05) is 16.8 Å². The highest BCUT2D eigenvalue weighted by atomic mass is 16.5. The normalized spacial score (nSPS) is 16.2. The summed E-state index contributed by atoms with van der Waals surface area (Å²) in [6.45, 7) is 4.19. The Kier molecular flexibility index (Phi) is 5.03. The first-order chi connectivity index (χ1) is 12.1. The lowest BCUT2D eigenvalue weighted by Gasteiger charge is -2.33. The number of hydrogen-bond donors (Lipinski definition) is 1. The number of ether oxygens (including phenoxy) is 1. The average molecular weight is 338 g/mol. The number of rotatable bonds is 5. The van der Waals surface area contributed by atoms with E-state index in [1.54, 1.807) is 4.90 Å². The summed E-state index contributed by atoms with van der Waals surface area (Å²) in [7, 11) is 0. The van der Waals surface area contributed by atoms with Crippen molar-refractivity contribution in [1.29, 1.82) is 0 Å². The van der Waals surface area contributed by atoms with Gasteiger partial charge in [0, 0.05) is 18.7 Å². The summed E-state index contributed by atoms with van der Waals surface area (Å²) in [6.07, 6.45) is 0.332. The van der Waals surface area contributed by atoms with Crippen LogP contribution in [0.15, 0.2) is 48.5 Å². The number of nitrogens with one attached hydrogen (secondary N) is 1. The van der Waals surface area contributed by atoms with Gasteiger partial charge in [-0.1, -0.05) is 37.3 Å². The summed E-state index contributed by atoms with van der Waals surface area (Å²) in [4.78, 5) is 26.6. The molecule has 25 heavy (non-hydrogen) atoms. The maximum atomic E-state index is 12.6. The zero-order chi connectivity index (χ0) is 17.8. The van der Waals surface area contributed by atoms with Crippen LogP contribution in [0.25, 0.3) is 0 Å². The van der Waals surface area contributed by atoms with Crippen molar-refractivity contribution in [3.05, 3.63) is 54.1 Å². The molecule has 1 N–H and O–H groups in total. The summed E-state index contributed by atoms with van der Waals surface area (Å²) in [5.41, 5.74) is 2.53. The van der Waals surface area contributed by atoms with Gasteiger partial charge >= 0.3 is 0 Å². The summed E-state index contributed by atoms with van der Waals surface area (Å²) in [5, 5.41) is 2.91. The smallest absolute Gasteiger partial charge is 0.268 e. The van der Waals surface area contributed by atoms with E-state index in [0.717, 1.165) is 16.9 Å². The van der Waals surface area contributed by atoms with Gasteiger partial charge < -0.3 is 15.0 Å². The second-order valence-corrected chi connectivity index (χ2v) is 6.09. The summed E-state index contributed by atoms with van der Waals surface area (Å²) < 4.78 is 5.75. The molecule has 5 heteroatoms. The van der Waals surface area contributed by atoms with Crippen molar-refractivity contribution >= 4 is 23.2 Å². The van der Waals surface area contributed by atoms with Gasteiger partial charge in [-0.15, -0.1) is 0 Å². The van der Waals surface area contributed by atoms with E-state index in [4.69, 9.17) is 4.74 Å². The monoisotopic (exact) mass is 338 g/mol. The van der Waals surface area contributed by atoms with Crippen molar-refractivity contribution in [3.63, 3.8) is 0 Å². The van der Waals surface area contributed by atoms with Crippen LogP contribution < -0.4 is 15.0 Å². The van der Waals surface area contributed by atoms with Crippen LogP contribution in [0, 0.1) is 6.92 Å². The molecular formula is C20H22N2O3. The molecule has 2 amide bonds. The maximum Gasteiger partial charge on any atom is 0.268 e. The standard InChI is InChI=1S/C20H22N2O3/c1-3-17-20(24)22(16-10-6-7-11-18(16)25-17)13-12-19(23)21-15-9-5-4-8-14(15)2/h4-11,17H,3,12-13H2,1-2H3,(H,21,23). The highest BCUT2D eigenvalue weighted by molar-refractivity contribution is 6.01. The van der Waals surface area contributed by atoms with E-state index in [1.165, 1.54) is 0 Å². The van der Waals surface area contributed by atoms with Gasteiger partial charge in [0.1, 0.15) is 5.75 Å². The van der Waals surface area contributed by atoms with Gasteiger partial charge in [-0.3, -0.25) is 9.59 Å². The first kappa shape index (κ1) is 17.0. The number of hydrogen-bond acceptors (Lipinski definition) is 3. The van der Waals surface area contributed by atoms with E-state index in [9.17, 15) is 9.59 Å².